The fraction of sp³-hybridized carbons (Fsp3) is 0.143. The van der Waals surface area contributed by atoms with E-state index in [4.69, 9.17) is 14.4 Å². The molecule has 0 saturated heterocycles. The van der Waals surface area contributed by atoms with Gasteiger partial charge >= 0.3 is 0 Å². The maximum Gasteiger partial charge on any atom is 0.259 e. The minimum absolute atomic E-state index is 0.292. The SMILES string of the molecule is COc1cc(C#N)ccc1NC(=O)c1coc(C)c1. The van der Waals surface area contributed by atoms with Crippen molar-refractivity contribution in [2.75, 3.05) is 12.4 Å². The molecule has 1 heterocycles. The number of hydrogen-bond acceptors (Lipinski definition) is 4. The van der Waals surface area contributed by atoms with Crippen molar-refractivity contribution in [3.8, 4) is 11.8 Å². The third-order valence-corrected chi connectivity index (χ3v) is 2.57. The average Bonchev–Trinajstić information content (AvgIpc) is 2.86. The fourth-order valence-corrected chi connectivity index (χ4v) is 1.62. The van der Waals surface area contributed by atoms with E-state index in [0.717, 1.165) is 0 Å². The Kier molecular flexibility index (Phi) is 3.53. The van der Waals surface area contributed by atoms with Crippen molar-refractivity contribution in [1.29, 1.82) is 5.26 Å². The molecule has 0 atom stereocenters. The van der Waals surface area contributed by atoms with Crippen LogP contribution in [0.4, 0.5) is 5.69 Å². The van der Waals surface area contributed by atoms with Crippen molar-refractivity contribution in [2.24, 2.45) is 0 Å². The lowest BCUT2D eigenvalue weighted by atomic mass is 10.2. The second-order valence-corrected chi connectivity index (χ2v) is 3.93. The Hall–Kier alpha value is -2.74. The predicted molar refractivity (Wildman–Crippen MR) is 69.1 cm³/mol. The highest BCUT2D eigenvalue weighted by Gasteiger charge is 2.12. The van der Waals surface area contributed by atoms with Crippen LogP contribution in [0.3, 0.4) is 0 Å². The van der Waals surface area contributed by atoms with Crippen LogP contribution in [0, 0.1) is 18.3 Å². The van der Waals surface area contributed by atoms with Gasteiger partial charge in [0, 0.05) is 6.07 Å². The summed E-state index contributed by atoms with van der Waals surface area (Å²) in [6.07, 6.45) is 1.39. The molecule has 0 radical (unpaired) electrons. The Morgan fingerprint density at radius 1 is 1.42 bits per heavy atom. The van der Waals surface area contributed by atoms with Crippen LogP contribution in [-0.4, -0.2) is 13.0 Å². The highest BCUT2D eigenvalue weighted by Crippen LogP contribution is 2.26. The lowest BCUT2D eigenvalue weighted by Crippen LogP contribution is -2.11. The molecule has 0 fully saturated rings. The molecule has 5 heteroatoms. The number of carbonyl (C=O) groups is 1. The normalized spacial score (nSPS) is 9.74. The lowest BCUT2D eigenvalue weighted by molar-refractivity contribution is 0.102. The summed E-state index contributed by atoms with van der Waals surface area (Å²) < 4.78 is 10.2. The highest BCUT2D eigenvalue weighted by molar-refractivity contribution is 6.04. The summed E-state index contributed by atoms with van der Waals surface area (Å²) in [6, 6.07) is 8.46. The van der Waals surface area contributed by atoms with Crippen LogP contribution in [0.1, 0.15) is 21.7 Å². The summed E-state index contributed by atoms with van der Waals surface area (Å²) in [5, 5.41) is 11.5. The van der Waals surface area contributed by atoms with Gasteiger partial charge in [-0.05, 0) is 25.1 Å². The Morgan fingerprint density at radius 2 is 2.21 bits per heavy atom. The summed E-state index contributed by atoms with van der Waals surface area (Å²) in [5.74, 6) is 0.810. The molecular weight excluding hydrogens is 244 g/mol. The molecule has 1 N–H and O–H groups in total. The number of amides is 1. The maximum absolute atomic E-state index is 12.0. The molecule has 1 amide bonds. The monoisotopic (exact) mass is 256 g/mol. The minimum atomic E-state index is -0.292. The van der Waals surface area contributed by atoms with Crippen LogP contribution in [0.15, 0.2) is 34.9 Å². The van der Waals surface area contributed by atoms with Crippen LogP contribution in [0.5, 0.6) is 5.75 Å². The zero-order valence-electron chi connectivity index (χ0n) is 10.6. The second kappa shape index (κ2) is 5.27. The Bertz CT molecular complexity index is 653. The Morgan fingerprint density at radius 3 is 2.79 bits per heavy atom. The quantitative estimate of drug-likeness (QED) is 0.916. The zero-order chi connectivity index (χ0) is 13.8. The number of ether oxygens (including phenoxy) is 1. The summed E-state index contributed by atoms with van der Waals surface area (Å²) in [4.78, 5) is 12.0. The second-order valence-electron chi connectivity index (χ2n) is 3.93. The number of aryl methyl sites for hydroxylation is 1. The summed E-state index contributed by atoms with van der Waals surface area (Å²) >= 11 is 0. The standard InChI is InChI=1S/C14H12N2O3/c1-9-5-11(8-19-9)14(17)16-12-4-3-10(7-15)6-13(12)18-2/h3-6,8H,1-2H3,(H,16,17). The molecule has 19 heavy (non-hydrogen) atoms. The first-order valence-corrected chi connectivity index (χ1v) is 5.58. The van der Waals surface area contributed by atoms with Gasteiger partial charge in [-0.3, -0.25) is 4.79 Å². The van der Waals surface area contributed by atoms with Gasteiger partial charge in [-0.2, -0.15) is 5.26 Å². The van der Waals surface area contributed by atoms with Crippen molar-refractivity contribution in [2.45, 2.75) is 6.92 Å². The van der Waals surface area contributed by atoms with Crippen LogP contribution < -0.4 is 10.1 Å². The number of nitriles is 1. The molecule has 0 saturated carbocycles. The third kappa shape index (κ3) is 2.75. The number of nitrogens with zero attached hydrogens (tertiary/aromatic N) is 1. The average molecular weight is 256 g/mol. The van der Waals surface area contributed by atoms with E-state index in [1.165, 1.54) is 13.4 Å². The van der Waals surface area contributed by atoms with Crippen molar-refractivity contribution >= 4 is 11.6 Å². The maximum atomic E-state index is 12.0. The minimum Gasteiger partial charge on any atom is -0.495 e. The lowest BCUT2D eigenvalue weighted by Gasteiger charge is -2.09. The van der Waals surface area contributed by atoms with E-state index in [1.807, 2.05) is 6.07 Å². The summed E-state index contributed by atoms with van der Waals surface area (Å²) in [7, 11) is 1.48. The predicted octanol–water partition coefficient (Wildman–Crippen LogP) is 2.72. The van der Waals surface area contributed by atoms with E-state index in [-0.39, 0.29) is 5.91 Å². The van der Waals surface area contributed by atoms with E-state index in [9.17, 15) is 4.79 Å². The topological polar surface area (TPSA) is 75.3 Å². The molecule has 0 aliphatic heterocycles. The van der Waals surface area contributed by atoms with Gasteiger partial charge in [0.1, 0.15) is 17.8 Å². The number of anilines is 1. The Labute approximate surface area is 110 Å². The van der Waals surface area contributed by atoms with Crippen molar-refractivity contribution < 1.29 is 13.9 Å². The molecule has 5 nitrogen and oxygen atoms in total. The van der Waals surface area contributed by atoms with Crippen LogP contribution in [0.25, 0.3) is 0 Å². The van der Waals surface area contributed by atoms with Gasteiger partial charge < -0.3 is 14.5 Å². The van der Waals surface area contributed by atoms with Crippen molar-refractivity contribution in [3.05, 3.63) is 47.4 Å². The van der Waals surface area contributed by atoms with Crippen molar-refractivity contribution in [3.63, 3.8) is 0 Å². The molecule has 1 aromatic heterocycles. The molecule has 0 aliphatic rings. The van der Waals surface area contributed by atoms with Gasteiger partial charge in [0.05, 0.1) is 30.0 Å². The van der Waals surface area contributed by atoms with Gasteiger partial charge in [0.15, 0.2) is 0 Å². The molecular formula is C14H12N2O3. The summed E-state index contributed by atoms with van der Waals surface area (Å²) in [5.41, 5.74) is 1.41. The number of carbonyl (C=O) groups excluding carboxylic acids is 1. The first-order valence-electron chi connectivity index (χ1n) is 5.58. The van der Waals surface area contributed by atoms with E-state index in [1.54, 1.807) is 31.2 Å². The number of benzene rings is 1. The molecule has 96 valence electrons. The number of hydrogen-bond donors (Lipinski definition) is 1. The van der Waals surface area contributed by atoms with Gasteiger partial charge in [0.25, 0.3) is 5.91 Å². The van der Waals surface area contributed by atoms with Crippen LogP contribution in [0.2, 0.25) is 0 Å². The molecule has 1 aromatic carbocycles. The smallest absolute Gasteiger partial charge is 0.259 e. The Balaban J connectivity index is 2.24. The molecule has 2 aromatic rings. The van der Waals surface area contributed by atoms with Gasteiger partial charge in [-0.25, -0.2) is 0 Å². The van der Waals surface area contributed by atoms with Gasteiger partial charge in [0.2, 0.25) is 0 Å². The van der Waals surface area contributed by atoms with Gasteiger partial charge in [-0.15, -0.1) is 0 Å². The van der Waals surface area contributed by atoms with E-state index < -0.39 is 0 Å². The molecule has 0 bridgehead atoms. The largest absolute Gasteiger partial charge is 0.495 e. The molecule has 0 spiro atoms. The highest BCUT2D eigenvalue weighted by atomic mass is 16.5. The number of nitrogens with one attached hydrogen (secondary N) is 1. The number of rotatable bonds is 3. The number of methoxy groups -OCH3 is 1. The van der Waals surface area contributed by atoms with E-state index in [0.29, 0.717) is 28.3 Å². The van der Waals surface area contributed by atoms with Crippen molar-refractivity contribution in [1.82, 2.24) is 0 Å². The first-order chi connectivity index (χ1) is 9.13. The zero-order valence-corrected chi connectivity index (χ0v) is 10.6. The third-order valence-electron chi connectivity index (χ3n) is 2.57. The molecule has 2 rings (SSSR count). The first kappa shape index (κ1) is 12.7. The fourth-order valence-electron chi connectivity index (χ4n) is 1.62. The van der Waals surface area contributed by atoms with Crippen LogP contribution in [-0.2, 0) is 0 Å². The van der Waals surface area contributed by atoms with Gasteiger partial charge in [-0.1, -0.05) is 0 Å². The molecule has 0 aliphatic carbocycles. The van der Waals surface area contributed by atoms with E-state index >= 15 is 0 Å². The number of furan rings is 1. The molecule has 0 unspecified atom stereocenters. The summed E-state index contributed by atoms with van der Waals surface area (Å²) in [6.45, 7) is 1.76. The van der Waals surface area contributed by atoms with Crippen LogP contribution >= 0.6 is 0 Å². The van der Waals surface area contributed by atoms with E-state index in [2.05, 4.69) is 5.32 Å².